The number of aromatic nitrogens is 1. The molecule has 0 saturated carbocycles. The highest BCUT2D eigenvalue weighted by Crippen LogP contribution is 2.33. The van der Waals surface area contributed by atoms with Gasteiger partial charge in [-0.15, -0.1) is 0 Å². The molecule has 2 rings (SSSR count). The molecule has 1 aromatic carbocycles. The van der Waals surface area contributed by atoms with E-state index in [1.165, 1.54) is 0 Å². The van der Waals surface area contributed by atoms with Gasteiger partial charge < -0.3 is 4.74 Å². The van der Waals surface area contributed by atoms with E-state index in [2.05, 4.69) is 11.9 Å². The number of benzene rings is 1. The Hall–Kier alpha value is -1.28. The number of aryl methyl sites for hydroxylation is 2. The molecule has 0 saturated heterocycles. The minimum atomic E-state index is 0.803. The number of halogens is 1. The van der Waals surface area contributed by atoms with E-state index in [1.54, 1.807) is 7.11 Å². The van der Waals surface area contributed by atoms with E-state index in [0.717, 1.165) is 44.9 Å². The van der Waals surface area contributed by atoms with Gasteiger partial charge in [0.05, 0.1) is 17.6 Å². The molecule has 2 aromatic rings. The molecule has 0 amide bonds. The summed E-state index contributed by atoms with van der Waals surface area (Å²) in [6.45, 7) is 6.13. The van der Waals surface area contributed by atoms with Crippen LogP contribution in [0.5, 0.6) is 5.75 Å². The summed E-state index contributed by atoms with van der Waals surface area (Å²) in [4.78, 5) is 4.64. The number of nitrogens with zero attached hydrogens (tertiary/aromatic N) is 1. The molecule has 0 fully saturated rings. The Bertz CT molecular complexity index is 578. The lowest BCUT2D eigenvalue weighted by Gasteiger charge is -2.12. The second-order valence-electron chi connectivity index (χ2n) is 4.18. The molecule has 0 bridgehead atoms. The SMILES string of the molecule is CCc1c(C)nc2c(C)cc(OC)cc2c1Cl. The van der Waals surface area contributed by atoms with E-state index < -0.39 is 0 Å². The summed E-state index contributed by atoms with van der Waals surface area (Å²) >= 11 is 6.45. The quantitative estimate of drug-likeness (QED) is 0.800. The molecule has 0 aliphatic heterocycles. The first-order valence-electron chi connectivity index (χ1n) is 5.71. The molecule has 1 aromatic heterocycles. The summed E-state index contributed by atoms with van der Waals surface area (Å²) in [7, 11) is 1.66. The highest BCUT2D eigenvalue weighted by atomic mass is 35.5. The summed E-state index contributed by atoms with van der Waals surface area (Å²) in [5, 5.41) is 1.78. The maximum absolute atomic E-state index is 6.45. The van der Waals surface area contributed by atoms with Crippen LogP contribution in [0.1, 0.15) is 23.7 Å². The average molecular weight is 250 g/mol. The lowest BCUT2D eigenvalue weighted by atomic mass is 10.0. The van der Waals surface area contributed by atoms with Crippen molar-refractivity contribution in [2.75, 3.05) is 7.11 Å². The Morgan fingerprint density at radius 2 is 2.00 bits per heavy atom. The van der Waals surface area contributed by atoms with Crippen molar-refractivity contribution in [1.29, 1.82) is 0 Å². The highest BCUT2D eigenvalue weighted by Gasteiger charge is 2.12. The van der Waals surface area contributed by atoms with E-state index in [1.807, 2.05) is 26.0 Å². The third-order valence-corrected chi connectivity index (χ3v) is 3.51. The lowest BCUT2D eigenvalue weighted by Crippen LogP contribution is -1.97. The first-order valence-corrected chi connectivity index (χ1v) is 6.09. The fourth-order valence-electron chi connectivity index (χ4n) is 2.15. The van der Waals surface area contributed by atoms with Crippen LogP contribution in [0.4, 0.5) is 0 Å². The molecule has 0 spiro atoms. The largest absolute Gasteiger partial charge is 0.497 e. The van der Waals surface area contributed by atoms with Gasteiger partial charge in [0.1, 0.15) is 5.75 Å². The van der Waals surface area contributed by atoms with Gasteiger partial charge in [-0.1, -0.05) is 18.5 Å². The summed E-state index contributed by atoms with van der Waals surface area (Å²) in [5.74, 6) is 0.824. The Kier molecular flexibility index (Phi) is 3.25. The van der Waals surface area contributed by atoms with Crippen LogP contribution >= 0.6 is 11.6 Å². The number of hydrogen-bond donors (Lipinski definition) is 0. The van der Waals surface area contributed by atoms with Crippen molar-refractivity contribution in [3.05, 3.63) is 34.0 Å². The average Bonchev–Trinajstić information content (AvgIpc) is 2.31. The van der Waals surface area contributed by atoms with Crippen LogP contribution in [0.3, 0.4) is 0 Å². The van der Waals surface area contributed by atoms with Crippen LogP contribution in [-0.2, 0) is 6.42 Å². The summed E-state index contributed by atoms with van der Waals surface area (Å²) in [6, 6.07) is 3.94. The molecule has 0 unspecified atom stereocenters. The normalized spacial score (nSPS) is 10.9. The number of methoxy groups -OCH3 is 1. The molecule has 0 aliphatic rings. The monoisotopic (exact) mass is 249 g/mol. The molecule has 0 N–H and O–H groups in total. The number of pyridine rings is 1. The van der Waals surface area contributed by atoms with Crippen LogP contribution in [0, 0.1) is 13.8 Å². The Morgan fingerprint density at radius 1 is 1.29 bits per heavy atom. The number of rotatable bonds is 2. The molecular weight excluding hydrogens is 234 g/mol. The van der Waals surface area contributed by atoms with E-state index in [-0.39, 0.29) is 0 Å². The number of ether oxygens (including phenoxy) is 1. The molecule has 1 heterocycles. The predicted octanol–water partition coefficient (Wildman–Crippen LogP) is 4.08. The van der Waals surface area contributed by atoms with Crippen LogP contribution in [0.25, 0.3) is 10.9 Å². The molecule has 17 heavy (non-hydrogen) atoms. The number of fused-ring (bicyclic) bond motifs is 1. The van der Waals surface area contributed by atoms with Gasteiger partial charge >= 0.3 is 0 Å². The zero-order valence-electron chi connectivity index (χ0n) is 10.6. The zero-order valence-corrected chi connectivity index (χ0v) is 11.4. The smallest absolute Gasteiger partial charge is 0.119 e. The molecule has 0 atom stereocenters. The topological polar surface area (TPSA) is 22.1 Å². The van der Waals surface area contributed by atoms with Crippen LogP contribution in [0.15, 0.2) is 12.1 Å². The zero-order chi connectivity index (χ0) is 12.6. The Balaban J connectivity index is 2.87. The van der Waals surface area contributed by atoms with Gasteiger partial charge in [-0.3, -0.25) is 4.98 Å². The lowest BCUT2D eigenvalue weighted by molar-refractivity contribution is 0.415. The minimum Gasteiger partial charge on any atom is -0.497 e. The standard InChI is InChI=1S/C14H16ClNO/c1-5-11-9(3)16-14-8(2)6-10(17-4)7-12(14)13(11)15/h6-7H,5H2,1-4H3. The van der Waals surface area contributed by atoms with Gasteiger partial charge in [0.2, 0.25) is 0 Å². The maximum atomic E-state index is 6.45. The highest BCUT2D eigenvalue weighted by molar-refractivity contribution is 6.36. The second-order valence-corrected chi connectivity index (χ2v) is 4.56. The van der Waals surface area contributed by atoms with Gasteiger partial charge in [0, 0.05) is 11.1 Å². The number of hydrogen-bond acceptors (Lipinski definition) is 2. The van der Waals surface area contributed by atoms with Crippen molar-refractivity contribution in [1.82, 2.24) is 4.98 Å². The van der Waals surface area contributed by atoms with E-state index in [9.17, 15) is 0 Å². The maximum Gasteiger partial charge on any atom is 0.119 e. The predicted molar refractivity (Wildman–Crippen MR) is 72.2 cm³/mol. The van der Waals surface area contributed by atoms with Crippen molar-refractivity contribution >= 4 is 22.5 Å². The Labute approximate surface area is 107 Å². The fourth-order valence-corrected chi connectivity index (χ4v) is 2.56. The first-order chi connectivity index (χ1) is 8.08. The van der Waals surface area contributed by atoms with Gasteiger partial charge in [0.15, 0.2) is 0 Å². The van der Waals surface area contributed by atoms with E-state index in [4.69, 9.17) is 16.3 Å². The fraction of sp³-hybridized carbons (Fsp3) is 0.357. The van der Waals surface area contributed by atoms with Crippen LogP contribution < -0.4 is 4.74 Å². The van der Waals surface area contributed by atoms with Gasteiger partial charge in [0.25, 0.3) is 0 Å². The van der Waals surface area contributed by atoms with Crippen molar-refractivity contribution < 1.29 is 4.74 Å². The summed E-state index contributed by atoms with van der Waals surface area (Å²) in [5.41, 5.74) is 4.18. The van der Waals surface area contributed by atoms with Crippen molar-refractivity contribution in [2.24, 2.45) is 0 Å². The van der Waals surface area contributed by atoms with E-state index in [0.29, 0.717) is 0 Å². The van der Waals surface area contributed by atoms with Crippen molar-refractivity contribution in [3.63, 3.8) is 0 Å². The van der Waals surface area contributed by atoms with E-state index >= 15 is 0 Å². The van der Waals surface area contributed by atoms with Gasteiger partial charge in [-0.05, 0) is 43.5 Å². The molecular formula is C14H16ClNO. The molecule has 0 aliphatic carbocycles. The Morgan fingerprint density at radius 3 is 2.59 bits per heavy atom. The third-order valence-electron chi connectivity index (χ3n) is 3.08. The van der Waals surface area contributed by atoms with Gasteiger partial charge in [-0.2, -0.15) is 0 Å². The van der Waals surface area contributed by atoms with Crippen molar-refractivity contribution in [3.8, 4) is 5.75 Å². The summed E-state index contributed by atoms with van der Waals surface area (Å²) in [6.07, 6.45) is 0.893. The molecule has 90 valence electrons. The molecule has 0 radical (unpaired) electrons. The van der Waals surface area contributed by atoms with Gasteiger partial charge in [-0.25, -0.2) is 0 Å². The third kappa shape index (κ3) is 1.98. The minimum absolute atomic E-state index is 0.803. The first kappa shape index (κ1) is 12.2. The second kappa shape index (κ2) is 4.53. The van der Waals surface area contributed by atoms with Crippen molar-refractivity contribution in [2.45, 2.75) is 27.2 Å². The molecule has 2 nitrogen and oxygen atoms in total. The molecule has 3 heteroatoms. The van der Waals surface area contributed by atoms with Crippen LogP contribution in [-0.4, -0.2) is 12.1 Å². The summed E-state index contributed by atoms with van der Waals surface area (Å²) < 4.78 is 5.28. The van der Waals surface area contributed by atoms with Crippen LogP contribution in [0.2, 0.25) is 5.02 Å².